The highest BCUT2D eigenvalue weighted by Crippen LogP contribution is 2.29. The molecule has 6 heteroatoms. The summed E-state index contributed by atoms with van der Waals surface area (Å²) in [5, 5.41) is 10.4. The largest absolute Gasteiger partial charge is 0.506 e. The monoisotopic (exact) mass is 384 g/mol. The third-order valence-electron chi connectivity index (χ3n) is 4.79. The lowest BCUT2D eigenvalue weighted by Gasteiger charge is -2.23. The van der Waals surface area contributed by atoms with Crippen LogP contribution in [0.3, 0.4) is 0 Å². The minimum absolute atomic E-state index is 0.0313. The predicted molar refractivity (Wildman–Crippen MR) is 112 cm³/mol. The van der Waals surface area contributed by atoms with Crippen LogP contribution >= 0.6 is 0 Å². The molecule has 4 aromatic rings. The molecule has 0 aliphatic carbocycles. The molecule has 4 rings (SSSR count). The molecular formula is C23H20N4O2. The molecule has 2 aromatic heterocycles. The van der Waals surface area contributed by atoms with Crippen LogP contribution < -0.4 is 4.90 Å². The number of nitrogens with zero attached hydrogens (tertiary/aromatic N) is 4. The van der Waals surface area contributed by atoms with E-state index in [0.29, 0.717) is 16.8 Å². The Morgan fingerprint density at radius 2 is 1.66 bits per heavy atom. The van der Waals surface area contributed by atoms with Crippen molar-refractivity contribution in [3.8, 4) is 5.75 Å². The topological polar surface area (TPSA) is 79.2 Å². The fourth-order valence-corrected chi connectivity index (χ4v) is 3.13. The second-order valence-corrected chi connectivity index (χ2v) is 6.80. The number of aromatic hydroxyl groups is 1. The number of aromatic nitrogens is 3. The van der Waals surface area contributed by atoms with Gasteiger partial charge in [-0.05, 0) is 56.3 Å². The second-order valence-electron chi connectivity index (χ2n) is 6.80. The van der Waals surface area contributed by atoms with Crippen molar-refractivity contribution < 1.29 is 9.90 Å². The van der Waals surface area contributed by atoms with E-state index in [1.165, 1.54) is 4.90 Å². The first kappa shape index (κ1) is 18.6. The van der Waals surface area contributed by atoms with Gasteiger partial charge in [0.25, 0.3) is 5.91 Å². The van der Waals surface area contributed by atoms with Crippen molar-refractivity contribution in [2.24, 2.45) is 0 Å². The lowest BCUT2D eigenvalue weighted by Crippen LogP contribution is -2.30. The number of para-hydroxylation sites is 2. The van der Waals surface area contributed by atoms with Crippen LogP contribution in [0.4, 0.5) is 5.69 Å². The Hall–Kier alpha value is -3.80. The number of amides is 1. The number of anilines is 1. The van der Waals surface area contributed by atoms with Crippen LogP contribution in [0.15, 0.2) is 66.9 Å². The predicted octanol–water partition coefficient (Wildman–Crippen LogP) is 4.19. The molecule has 2 heterocycles. The summed E-state index contributed by atoms with van der Waals surface area (Å²) in [7, 11) is 0. The zero-order chi connectivity index (χ0) is 20.4. The summed E-state index contributed by atoms with van der Waals surface area (Å²) < 4.78 is 0. The van der Waals surface area contributed by atoms with Gasteiger partial charge in [0.1, 0.15) is 5.75 Å². The summed E-state index contributed by atoms with van der Waals surface area (Å²) in [5.74, 6) is -0.220. The first-order valence-corrected chi connectivity index (χ1v) is 9.28. The van der Waals surface area contributed by atoms with Crippen LogP contribution in [0.25, 0.3) is 11.0 Å². The van der Waals surface area contributed by atoms with Crippen LogP contribution in [0.2, 0.25) is 0 Å². The SMILES string of the molecule is Cc1nc2ccc(C(=O)N(Cc3ccccn3)c3ccccc3O)cc2nc1C. The standard InChI is InChI=1S/C23H20N4O2/c1-15-16(2)26-20-13-17(10-11-19(20)25-15)23(29)27(14-18-7-5-6-12-24-18)21-8-3-4-9-22(21)28/h3-13,28H,14H2,1-2H3. The molecule has 1 amide bonds. The van der Waals surface area contributed by atoms with Crippen molar-refractivity contribution in [2.75, 3.05) is 4.90 Å². The molecular weight excluding hydrogens is 364 g/mol. The van der Waals surface area contributed by atoms with Crippen LogP contribution in [0, 0.1) is 13.8 Å². The maximum atomic E-state index is 13.4. The molecule has 0 bridgehead atoms. The number of hydrogen-bond donors (Lipinski definition) is 1. The number of carbonyl (C=O) groups is 1. The van der Waals surface area contributed by atoms with E-state index in [2.05, 4.69) is 15.0 Å². The molecule has 0 saturated heterocycles. The van der Waals surface area contributed by atoms with Gasteiger partial charge in [-0.15, -0.1) is 0 Å². The quantitative estimate of drug-likeness (QED) is 0.571. The van der Waals surface area contributed by atoms with Crippen LogP contribution in [-0.2, 0) is 6.54 Å². The Kier molecular flexibility index (Phi) is 4.91. The number of pyridine rings is 1. The van der Waals surface area contributed by atoms with Crippen LogP contribution in [-0.4, -0.2) is 26.0 Å². The molecule has 2 aromatic carbocycles. The second kappa shape index (κ2) is 7.67. The van der Waals surface area contributed by atoms with E-state index in [-0.39, 0.29) is 18.2 Å². The molecule has 0 fully saturated rings. The van der Waals surface area contributed by atoms with Gasteiger partial charge in [-0.2, -0.15) is 0 Å². The fraction of sp³-hybridized carbons (Fsp3) is 0.130. The summed E-state index contributed by atoms with van der Waals surface area (Å²) in [6, 6.07) is 17.6. The third-order valence-corrected chi connectivity index (χ3v) is 4.79. The summed E-state index contributed by atoms with van der Waals surface area (Å²) >= 11 is 0. The average molecular weight is 384 g/mol. The molecule has 6 nitrogen and oxygen atoms in total. The highest BCUT2D eigenvalue weighted by atomic mass is 16.3. The van der Waals surface area contributed by atoms with E-state index < -0.39 is 0 Å². The minimum Gasteiger partial charge on any atom is -0.506 e. The Labute approximate surface area is 168 Å². The van der Waals surface area contributed by atoms with Gasteiger partial charge >= 0.3 is 0 Å². The number of benzene rings is 2. The normalized spacial score (nSPS) is 10.8. The lowest BCUT2D eigenvalue weighted by atomic mass is 10.1. The Morgan fingerprint density at radius 1 is 0.931 bits per heavy atom. The van der Waals surface area contributed by atoms with Crippen molar-refractivity contribution in [3.63, 3.8) is 0 Å². The summed E-state index contributed by atoms with van der Waals surface area (Å²) in [6.45, 7) is 4.03. The zero-order valence-electron chi connectivity index (χ0n) is 16.2. The summed E-state index contributed by atoms with van der Waals surface area (Å²) in [5.41, 5.74) is 4.70. The molecule has 0 unspecified atom stereocenters. The molecule has 0 atom stereocenters. The van der Waals surface area contributed by atoms with E-state index in [1.54, 1.807) is 48.7 Å². The average Bonchev–Trinajstić information content (AvgIpc) is 2.73. The minimum atomic E-state index is -0.251. The van der Waals surface area contributed by atoms with Crippen LogP contribution in [0.1, 0.15) is 27.4 Å². The lowest BCUT2D eigenvalue weighted by molar-refractivity contribution is 0.0984. The molecule has 144 valence electrons. The Balaban J connectivity index is 1.77. The van der Waals surface area contributed by atoms with Gasteiger partial charge < -0.3 is 5.11 Å². The highest BCUT2D eigenvalue weighted by Gasteiger charge is 2.22. The zero-order valence-corrected chi connectivity index (χ0v) is 16.2. The van der Waals surface area contributed by atoms with Gasteiger partial charge in [-0.1, -0.05) is 18.2 Å². The van der Waals surface area contributed by atoms with Gasteiger partial charge in [0.15, 0.2) is 0 Å². The van der Waals surface area contributed by atoms with E-state index in [0.717, 1.165) is 22.6 Å². The molecule has 0 aliphatic rings. The van der Waals surface area contributed by atoms with Gasteiger partial charge in [0, 0.05) is 11.8 Å². The number of hydrogen-bond acceptors (Lipinski definition) is 5. The molecule has 29 heavy (non-hydrogen) atoms. The molecule has 0 aliphatic heterocycles. The van der Waals surface area contributed by atoms with Crippen LogP contribution in [0.5, 0.6) is 5.75 Å². The number of carbonyl (C=O) groups excluding carboxylic acids is 1. The van der Waals surface area contributed by atoms with Gasteiger partial charge in [0.2, 0.25) is 0 Å². The molecule has 1 N–H and O–H groups in total. The smallest absolute Gasteiger partial charge is 0.258 e. The Bertz CT molecular complexity index is 1190. The Morgan fingerprint density at radius 3 is 2.38 bits per heavy atom. The maximum absolute atomic E-state index is 13.4. The van der Waals surface area contributed by atoms with Gasteiger partial charge in [-0.3, -0.25) is 14.7 Å². The number of phenols is 1. The maximum Gasteiger partial charge on any atom is 0.258 e. The molecule has 0 spiro atoms. The van der Waals surface area contributed by atoms with E-state index in [4.69, 9.17) is 0 Å². The van der Waals surface area contributed by atoms with E-state index in [1.807, 2.05) is 32.0 Å². The van der Waals surface area contributed by atoms with E-state index in [9.17, 15) is 9.90 Å². The molecule has 0 saturated carbocycles. The van der Waals surface area contributed by atoms with E-state index >= 15 is 0 Å². The van der Waals surface area contributed by atoms with Gasteiger partial charge in [-0.25, -0.2) is 9.97 Å². The highest BCUT2D eigenvalue weighted by molar-refractivity contribution is 6.08. The third kappa shape index (κ3) is 3.78. The van der Waals surface area contributed by atoms with Crippen molar-refractivity contribution in [1.29, 1.82) is 0 Å². The van der Waals surface area contributed by atoms with Crippen molar-refractivity contribution in [3.05, 3.63) is 89.5 Å². The summed E-state index contributed by atoms with van der Waals surface area (Å²) in [6.07, 6.45) is 1.68. The summed E-state index contributed by atoms with van der Waals surface area (Å²) in [4.78, 5) is 28.4. The van der Waals surface area contributed by atoms with Gasteiger partial charge in [0.05, 0.1) is 40.3 Å². The number of rotatable bonds is 4. The van der Waals surface area contributed by atoms with Crippen molar-refractivity contribution in [2.45, 2.75) is 20.4 Å². The molecule has 0 radical (unpaired) electrons. The fourth-order valence-electron chi connectivity index (χ4n) is 3.13. The first-order valence-electron chi connectivity index (χ1n) is 9.28. The first-order chi connectivity index (χ1) is 14.0. The number of fused-ring (bicyclic) bond motifs is 1. The van der Waals surface area contributed by atoms with Crippen molar-refractivity contribution in [1.82, 2.24) is 15.0 Å². The van der Waals surface area contributed by atoms with Crippen molar-refractivity contribution >= 4 is 22.6 Å². The number of aryl methyl sites for hydroxylation is 2. The number of phenolic OH excluding ortho intramolecular Hbond substituents is 1.